The molecule has 1 aromatic heterocycles. The molecule has 2 aromatic carbocycles. The summed E-state index contributed by atoms with van der Waals surface area (Å²) in [6.07, 6.45) is 0. The van der Waals surface area contributed by atoms with Crippen molar-refractivity contribution in [1.29, 1.82) is 0 Å². The molecule has 3 aromatic rings. The first-order chi connectivity index (χ1) is 12.5. The van der Waals surface area contributed by atoms with Crippen molar-refractivity contribution >= 4 is 17.4 Å². The number of benzene rings is 2. The van der Waals surface area contributed by atoms with E-state index in [0.717, 1.165) is 0 Å². The average Bonchev–Trinajstić information content (AvgIpc) is 3.11. The van der Waals surface area contributed by atoms with E-state index >= 15 is 0 Å². The van der Waals surface area contributed by atoms with Crippen LogP contribution >= 0.6 is 0 Å². The molecular formula is C20H17NO5. The van der Waals surface area contributed by atoms with Gasteiger partial charge in [-0.2, -0.15) is 0 Å². The highest BCUT2D eigenvalue weighted by atomic mass is 16.5. The highest BCUT2D eigenvalue weighted by molar-refractivity contribution is 6.03. The van der Waals surface area contributed by atoms with Gasteiger partial charge in [0, 0.05) is 5.56 Å². The number of carbonyl (C=O) groups excluding carboxylic acids is 2. The van der Waals surface area contributed by atoms with Crippen LogP contribution in [0.2, 0.25) is 0 Å². The Balaban J connectivity index is 1.60. The van der Waals surface area contributed by atoms with Gasteiger partial charge in [-0.05, 0) is 55.5 Å². The molecule has 0 bridgehead atoms. The number of ketones is 1. The topological polar surface area (TPSA) is 88.8 Å². The summed E-state index contributed by atoms with van der Waals surface area (Å²) in [6, 6.07) is 16.4. The normalized spacial score (nSPS) is 10.3. The number of hydrogen-bond acceptors (Lipinski definition) is 5. The third kappa shape index (κ3) is 4.10. The van der Waals surface area contributed by atoms with Crippen LogP contribution < -0.4 is 10.1 Å². The number of hydrogen-bond donors (Lipinski definition) is 2. The van der Waals surface area contributed by atoms with Crippen molar-refractivity contribution in [3.63, 3.8) is 0 Å². The Hall–Kier alpha value is -3.54. The Bertz CT molecular complexity index is 927. The largest absolute Gasteiger partial charge is 0.506 e. The van der Waals surface area contributed by atoms with Crippen molar-refractivity contribution in [2.24, 2.45) is 0 Å². The number of Topliss-reactive ketones (excluding diaryl/α,β-unsaturated/α-hetero) is 1. The molecule has 1 amide bonds. The van der Waals surface area contributed by atoms with Gasteiger partial charge in [-0.15, -0.1) is 0 Å². The minimum absolute atomic E-state index is 0.0114. The Morgan fingerprint density at radius 3 is 2.46 bits per heavy atom. The Morgan fingerprint density at radius 1 is 1.04 bits per heavy atom. The second-order valence-corrected chi connectivity index (χ2v) is 5.61. The van der Waals surface area contributed by atoms with E-state index < -0.39 is 5.91 Å². The number of nitrogens with one attached hydrogen (secondary N) is 1. The molecule has 0 unspecified atom stereocenters. The summed E-state index contributed by atoms with van der Waals surface area (Å²) in [4.78, 5) is 23.4. The average molecular weight is 351 g/mol. The van der Waals surface area contributed by atoms with Crippen molar-refractivity contribution in [2.45, 2.75) is 13.5 Å². The van der Waals surface area contributed by atoms with Crippen LogP contribution in [0.15, 0.2) is 65.1 Å². The molecule has 0 aliphatic carbocycles. The molecule has 0 saturated heterocycles. The van der Waals surface area contributed by atoms with Crippen LogP contribution in [-0.2, 0) is 6.61 Å². The van der Waals surface area contributed by atoms with E-state index in [1.54, 1.807) is 48.5 Å². The predicted octanol–water partition coefficient (Wildman–Crippen LogP) is 4.02. The van der Waals surface area contributed by atoms with E-state index in [-0.39, 0.29) is 23.9 Å². The Kier molecular flexibility index (Phi) is 5.03. The molecule has 0 aliphatic rings. The van der Waals surface area contributed by atoms with E-state index in [1.807, 2.05) is 0 Å². The number of para-hydroxylation sites is 2. The number of phenols is 1. The van der Waals surface area contributed by atoms with E-state index in [4.69, 9.17) is 9.15 Å². The van der Waals surface area contributed by atoms with Gasteiger partial charge >= 0.3 is 0 Å². The van der Waals surface area contributed by atoms with Gasteiger partial charge in [-0.25, -0.2) is 0 Å². The lowest BCUT2D eigenvalue weighted by molar-refractivity contribution is 0.0990. The second-order valence-electron chi connectivity index (χ2n) is 5.61. The highest BCUT2D eigenvalue weighted by Gasteiger charge is 2.13. The fraction of sp³-hybridized carbons (Fsp3) is 0.100. The predicted molar refractivity (Wildman–Crippen MR) is 95.5 cm³/mol. The summed E-state index contributed by atoms with van der Waals surface area (Å²) in [5.74, 6) is 0.671. The SMILES string of the molecule is CC(=O)c1ccc(OCc2ccc(C(=O)Nc3ccccc3O)o2)cc1. The molecule has 132 valence electrons. The minimum Gasteiger partial charge on any atom is -0.506 e. The van der Waals surface area contributed by atoms with Gasteiger partial charge in [0.1, 0.15) is 23.9 Å². The Labute approximate surface area is 150 Å². The zero-order valence-electron chi connectivity index (χ0n) is 14.1. The second kappa shape index (κ2) is 7.57. The maximum atomic E-state index is 12.2. The lowest BCUT2D eigenvalue weighted by Gasteiger charge is -2.06. The van der Waals surface area contributed by atoms with Crippen LogP contribution in [-0.4, -0.2) is 16.8 Å². The fourth-order valence-corrected chi connectivity index (χ4v) is 2.28. The quantitative estimate of drug-likeness (QED) is 0.517. The first-order valence-corrected chi connectivity index (χ1v) is 7.95. The van der Waals surface area contributed by atoms with Crippen molar-refractivity contribution in [1.82, 2.24) is 0 Å². The molecule has 1 heterocycles. The molecule has 26 heavy (non-hydrogen) atoms. The third-order valence-corrected chi connectivity index (χ3v) is 3.68. The summed E-state index contributed by atoms with van der Waals surface area (Å²) in [5.41, 5.74) is 0.913. The molecule has 6 nitrogen and oxygen atoms in total. The minimum atomic E-state index is -0.469. The highest BCUT2D eigenvalue weighted by Crippen LogP contribution is 2.23. The molecule has 0 fully saturated rings. The number of amides is 1. The van der Waals surface area contributed by atoms with Gasteiger partial charge in [0.15, 0.2) is 11.5 Å². The van der Waals surface area contributed by atoms with Gasteiger partial charge < -0.3 is 19.6 Å². The number of aromatic hydroxyl groups is 1. The number of phenolic OH excluding ortho intramolecular Hbond substituents is 1. The van der Waals surface area contributed by atoms with E-state index in [1.165, 1.54) is 19.1 Å². The number of anilines is 1. The van der Waals surface area contributed by atoms with Gasteiger partial charge in [-0.1, -0.05) is 12.1 Å². The molecule has 0 atom stereocenters. The van der Waals surface area contributed by atoms with Crippen molar-refractivity contribution in [3.05, 3.63) is 77.7 Å². The summed E-state index contributed by atoms with van der Waals surface area (Å²) in [7, 11) is 0. The maximum Gasteiger partial charge on any atom is 0.291 e. The lowest BCUT2D eigenvalue weighted by atomic mass is 10.1. The smallest absolute Gasteiger partial charge is 0.291 e. The standard InChI is InChI=1S/C20H17NO5/c1-13(22)14-6-8-15(9-7-14)25-12-16-10-11-19(26-16)20(24)21-17-4-2-3-5-18(17)23/h2-11,23H,12H2,1H3,(H,21,24). The molecular weight excluding hydrogens is 334 g/mol. The van der Waals surface area contributed by atoms with Gasteiger partial charge in [0.05, 0.1) is 5.69 Å². The van der Waals surface area contributed by atoms with Crippen LogP contribution in [0.1, 0.15) is 33.6 Å². The lowest BCUT2D eigenvalue weighted by Crippen LogP contribution is -2.10. The van der Waals surface area contributed by atoms with E-state index in [0.29, 0.717) is 22.8 Å². The number of rotatable bonds is 6. The number of carbonyl (C=O) groups is 2. The van der Waals surface area contributed by atoms with E-state index in [2.05, 4.69) is 5.32 Å². The zero-order chi connectivity index (χ0) is 18.5. The van der Waals surface area contributed by atoms with Gasteiger partial charge in [0.2, 0.25) is 0 Å². The molecule has 0 spiro atoms. The van der Waals surface area contributed by atoms with Crippen LogP contribution in [0.3, 0.4) is 0 Å². The van der Waals surface area contributed by atoms with Crippen molar-refractivity contribution in [3.8, 4) is 11.5 Å². The van der Waals surface area contributed by atoms with Crippen LogP contribution in [0.25, 0.3) is 0 Å². The van der Waals surface area contributed by atoms with Crippen molar-refractivity contribution in [2.75, 3.05) is 5.32 Å². The van der Waals surface area contributed by atoms with Crippen LogP contribution in [0, 0.1) is 0 Å². The first-order valence-electron chi connectivity index (χ1n) is 7.95. The van der Waals surface area contributed by atoms with Gasteiger partial charge in [-0.3, -0.25) is 9.59 Å². The molecule has 0 aliphatic heterocycles. The zero-order valence-corrected chi connectivity index (χ0v) is 14.1. The van der Waals surface area contributed by atoms with Crippen molar-refractivity contribution < 1.29 is 23.8 Å². The molecule has 0 saturated carbocycles. The Morgan fingerprint density at radius 2 is 1.77 bits per heavy atom. The summed E-state index contributed by atoms with van der Waals surface area (Å²) in [6.45, 7) is 1.64. The number of ether oxygens (including phenoxy) is 1. The third-order valence-electron chi connectivity index (χ3n) is 3.68. The first kappa shape index (κ1) is 17.3. The molecule has 0 radical (unpaired) electrons. The van der Waals surface area contributed by atoms with E-state index in [9.17, 15) is 14.7 Å². The summed E-state index contributed by atoms with van der Waals surface area (Å²) in [5, 5.41) is 12.3. The summed E-state index contributed by atoms with van der Waals surface area (Å²) >= 11 is 0. The van der Waals surface area contributed by atoms with Crippen LogP contribution in [0.5, 0.6) is 11.5 Å². The van der Waals surface area contributed by atoms with Gasteiger partial charge in [0.25, 0.3) is 5.91 Å². The molecule has 3 rings (SSSR count). The molecule has 6 heteroatoms. The maximum absolute atomic E-state index is 12.2. The number of furan rings is 1. The monoisotopic (exact) mass is 351 g/mol. The fourth-order valence-electron chi connectivity index (χ4n) is 2.28. The summed E-state index contributed by atoms with van der Waals surface area (Å²) < 4.78 is 11.0. The molecule has 2 N–H and O–H groups in total. The van der Waals surface area contributed by atoms with Crippen LogP contribution in [0.4, 0.5) is 5.69 Å².